The number of carbonyl (C=O) groups excluding carboxylic acids is 2. The van der Waals surface area contributed by atoms with E-state index in [9.17, 15) is 9.59 Å². The van der Waals surface area contributed by atoms with Crippen LogP contribution in [-0.2, 0) is 0 Å². The summed E-state index contributed by atoms with van der Waals surface area (Å²) in [6, 6.07) is 22.0. The molecule has 1 aliphatic heterocycles. The first-order chi connectivity index (χ1) is 15.5. The summed E-state index contributed by atoms with van der Waals surface area (Å²) in [6.07, 6.45) is 0. The number of piperazine rings is 1. The summed E-state index contributed by atoms with van der Waals surface area (Å²) >= 11 is 5.86. The molecule has 164 valence electrons. The van der Waals surface area contributed by atoms with Gasteiger partial charge in [0.05, 0.1) is 0 Å². The van der Waals surface area contributed by atoms with Gasteiger partial charge in [0.1, 0.15) is 0 Å². The number of carbonyl (C=O) groups is 2. The lowest BCUT2D eigenvalue weighted by atomic mass is 10.1. The number of rotatable bonds is 4. The lowest BCUT2D eigenvalue weighted by Gasteiger charge is -2.36. The summed E-state index contributed by atoms with van der Waals surface area (Å²) in [7, 11) is 0. The Morgan fingerprint density at radius 2 is 1.34 bits per heavy atom. The Labute approximate surface area is 192 Å². The maximum atomic E-state index is 12.8. The minimum atomic E-state index is -0.316. The largest absolute Gasteiger partial charge is 0.368 e. The first-order valence-corrected chi connectivity index (χ1v) is 10.9. The highest BCUT2D eigenvalue weighted by atomic mass is 35.5. The Hall–Kier alpha value is -3.51. The van der Waals surface area contributed by atoms with Crippen molar-refractivity contribution in [2.24, 2.45) is 0 Å². The van der Waals surface area contributed by atoms with Crippen LogP contribution in [0.15, 0.2) is 72.8 Å². The van der Waals surface area contributed by atoms with Gasteiger partial charge in [-0.2, -0.15) is 0 Å². The fourth-order valence-electron chi connectivity index (χ4n) is 3.73. The van der Waals surface area contributed by atoms with Crippen LogP contribution in [0.1, 0.15) is 15.9 Å². The number of aryl methyl sites for hydroxylation is 1. The van der Waals surface area contributed by atoms with Gasteiger partial charge in [0.25, 0.3) is 5.91 Å². The molecule has 0 spiro atoms. The van der Waals surface area contributed by atoms with E-state index in [1.54, 1.807) is 24.3 Å². The molecule has 32 heavy (non-hydrogen) atoms. The molecule has 0 radical (unpaired) electrons. The third kappa shape index (κ3) is 5.21. The number of hydrogen-bond acceptors (Lipinski definition) is 3. The van der Waals surface area contributed by atoms with E-state index in [4.69, 9.17) is 11.6 Å². The van der Waals surface area contributed by atoms with Crippen LogP contribution >= 0.6 is 11.6 Å². The lowest BCUT2D eigenvalue weighted by molar-refractivity contribution is 0.0746. The molecule has 4 rings (SSSR count). The van der Waals surface area contributed by atoms with Crippen LogP contribution in [-0.4, -0.2) is 43.0 Å². The zero-order valence-electron chi connectivity index (χ0n) is 17.8. The molecule has 0 saturated carbocycles. The van der Waals surface area contributed by atoms with Crippen LogP contribution in [0.2, 0.25) is 5.02 Å². The van der Waals surface area contributed by atoms with E-state index in [-0.39, 0.29) is 11.9 Å². The van der Waals surface area contributed by atoms with Crippen LogP contribution in [0.5, 0.6) is 0 Å². The van der Waals surface area contributed by atoms with Gasteiger partial charge in [-0.3, -0.25) is 4.79 Å². The zero-order valence-corrected chi connectivity index (χ0v) is 18.6. The maximum absolute atomic E-state index is 12.8. The fraction of sp³-hybridized carbons (Fsp3) is 0.200. The predicted molar refractivity (Wildman–Crippen MR) is 130 cm³/mol. The number of anilines is 3. The van der Waals surface area contributed by atoms with Crippen LogP contribution < -0.4 is 15.5 Å². The molecule has 3 aromatic carbocycles. The topological polar surface area (TPSA) is 64.7 Å². The molecule has 1 aliphatic rings. The van der Waals surface area contributed by atoms with Gasteiger partial charge in [-0.25, -0.2) is 4.79 Å². The highest BCUT2D eigenvalue weighted by Crippen LogP contribution is 2.21. The lowest BCUT2D eigenvalue weighted by Crippen LogP contribution is -2.48. The first-order valence-electron chi connectivity index (χ1n) is 10.5. The summed E-state index contributed by atoms with van der Waals surface area (Å²) in [5.41, 5.74) is 4.21. The summed E-state index contributed by atoms with van der Waals surface area (Å²) in [4.78, 5) is 29.2. The molecule has 7 heteroatoms. The Bertz CT molecular complexity index is 1090. The minimum Gasteiger partial charge on any atom is -0.368 e. The summed E-state index contributed by atoms with van der Waals surface area (Å²) in [5, 5.41) is 6.22. The maximum Gasteiger partial charge on any atom is 0.323 e. The summed E-state index contributed by atoms with van der Waals surface area (Å²) in [6.45, 7) is 4.85. The van der Waals surface area contributed by atoms with Crippen LogP contribution in [0.3, 0.4) is 0 Å². The van der Waals surface area contributed by atoms with E-state index >= 15 is 0 Å². The Morgan fingerprint density at radius 3 is 1.94 bits per heavy atom. The number of halogens is 1. The quantitative estimate of drug-likeness (QED) is 0.572. The van der Waals surface area contributed by atoms with Gasteiger partial charge in [-0.15, -0.1) is 0 Å². The molecule has 0 aromatic heterocycles. The van der Waals surface area contributed by atoms with Gasteiger partial charge >= 0.3 is 6.03 Å². The SMILES string of the molecule is Cc1ccccc1C(=O)N1CCN(c2ccc(NC(=O)Nc3ccc(Cl)cc3)cc2)CC1. The summed E-state index contributed by atoms with van der Waals surface area (Å²) in [5.74, 6) is 0.0917. The smallest absolute Gasteiger partial charge is 0.323 e. The van der Waals surface area contributed by atoms with Crippen molar-refractivity contribution in [2.45, 2.75) is 6.92 Å². The van der Waals surface area contributed by atoms with E-state index in [0.717, 1.165) is 29.9 Å². The van der Waals surface area contributed by atoms with Gasteiger partial charge in [0.15, 0.2) is 0 Å². The predicted octanol–water partition coefficient (Wildman–Crippen LogP) is 5.25. The van der Waals surface area contributed by atoms with Crippen LogP contribution in [0, 0.1) is 6.92 Å². The third-order valence-electron chi connectivity index (χ3n) is 5.53. The Balaban J connectivity index is 1.30. The van der Waals surface area contributed by atoms with Crippen molar-refractivity contribution >= 4 is 40.6 Å². The van der Waals surface area contributed by atoms with Crippen LogP contribution in [0.25, 0.3) is 0 Å². The fourth-order valence-corrected chi connectivity index (χ4v) is 3.86. The van der Waals surface area contributed by atoms with E-state index < -0.39 is 0 Å². The molecule has 0 unspecified atom stereocenters. The van der Waals surface area contributed by atoms with E-state index in [1.165, 1.54) is 0 Å². The molecule has 1 saturated heterocycles. The third-order valence-corrected chi connectivity index (χ3v) is 5.79. The number of nitrogens with one attached hydrogen (secondary N) is 2. The minimum absolute atomic E-state index is 0.0917. The second kappa shape index (κ2) is 9.75. The number of urea groups is 1. The molecule has 0 atom stereocenters. The van der Waals surface area contributed by atoms with E-state index in [0.29, 0.717) is 29.5 Å². The molecule has 3 amide bonds. The molecule has 6 nitrogen and oxygen atoms in total. The monoisotopic (exact) mass is 448 g/mol. The summed E-state index contributed by atoms with van der Waals surface area (Å²) < 4.78 is 0. The average molecular weight is 449 g/mol. The molecule has 0 bridgehead atoms. The van der Waals surface area contributed by atoms with Crippen molar-refractivity contribution in [1.29, 1.82) is 0 Å². The number of nitrogens with zero attached hydrogens (tertiary/aromatic N) is 2. The van der Waals surface area contributed by atoms with Crippen molar-refractivity contribution < 1.29 is 9.59 Å². The average Bonchev–Trinajstić information content (AvgIpc) is 2.81. The Kier molecular flexibility index (Phi) is 6.61. The zero-order chi connectivity index (χ0) is 22.5. The number of amides is 3. The van der Waals surface area contributed by atoms with Gasteiger partial charge < -0.3 is 20.4 Å². The highest BCUT2D eigenvalue weighted by molar-refractivity contribution is 6.30. The van der Waals surface area contributed by atoms with Crippen molar-refractivity contribution in [3.8, 4) is 0 Å². The van der Waals surface area contributed by atoms with Crippen molar-refractivity contribution in [1.82, 2.24) is 4.90 Å². The van der Waals surface area contributed by atoms with Crippen molar-refractivity contribution in [3.63, 3.8) is 0 Å². The van der Waals surface area contributed by atoms with Crippen molar-refractivity contribution in [3.05, 3.63) is 88.9 Å². The molecular formula is C25H25ClN4O2. The van der Waals surface area contributed by atoms with E-state index in [1.807, 2.05) is 60.4 Å². The van der Waals surface area contributed by atoms with Gasteiger partial charge in [-0.05, 0) is 67.1 Å². The van der Waals surface area contributed by atoms with Gasteiger partial charge in [-0.1, -0.05) is 29.8 Å². The van der Waals surface area contributed by atoms with E-state index in [2.05, 4.69) is 15.5 Å². The molecule has 2 N–H and O–H groups in total. The second-order valence-corrected chi connectivity index (χ2v) is 8.16. The van der Waals surface area contributed by atoms with Gasteiger partial charge in [0.2, 0.25) is 0 Å². The van der Waals surface area contributed by atoms with Gasteiger partial charge in [0, 0.05) is 53.8 Å². The molecule has 3 aromatic rings. The molecule has 1 heterocycles. The molecule has 0 aliphatic carbocycles. The molecule has 1 fully saturated rings. The normalized spacial score (nSPS) is 13.6. The second-order valence-electron chi connectivity index (χ2n) is 7.73. The first kappa shape index (κ1) is 21.7. The standard InChI is InChI=1S/C25H25ClN4O2/c1-18-4-2-3-5-23(18)24(31)30-16-14-29(15-17-30)22-12-10-21(11-13-22)28-25(32)27-20-8-6-19(26)7-9-20/h2-13H,14-17H2,1H3,(H2,27,28,32). The Morgan fingerprint density at radius 1 is 0.781 bits per heavy atom. The van der Waals surface area contributed by atoms with Crippen molar-refractivity contribution in [2.75, 3.05) is 41.7 Å². The highest BCUT2D eigenvalue weighted by Gasteiger charge is 2.23. The number of benzene rings is 3. The number of hydrogen-bond donors (Lipinski definition) is 2. The molecular weight excluding hydrogens is 424 g/mol. The van der Waals surface area contributed by atoms with Crippen LogP contribution in [0.4, 0.5) is 21.9 Å².